The van der Waals surface area contributed by atoms with Crippen molar-refractivity contribution in [2.24, 2.45) is 5.92 Å². The van der Waals surface area contributed by atoms with Crippen LogP contribution >= 0.6 is 0 Å². The number of carbonyl (C=O) groups is 1. The highest BCUT2D eigenvalue weighted by molar-refractivity contribution is 5.89. The molecule has 120 valence electrons. The highest BCUT2D eigenvalue weighted by atomic mass is 16.2. The van der Waals surface area contributed by atoms with Gasteiger partial charge in [0.25, 0.3) is 0 Å². The molecule has 6 nitrogen and oxygen atoms in total. The van der Waals surface area contributed by atoms with E-state index >= 15 is 0 Å². The summed E-state index contributed by atoms with van der Waals surface area (Å²) in [7, 11) is 0. The lowest BCUT2D eigenvalue weighted by molar-refractivity contribution is 0.248. The average molecular weight is 312 g/mol. The summed E-state index contributed by atoms with van der Waals surface area (Å²) in [4.78, 5) is 27.4. The van der Waals surface area contributed by atoms with Gasteiger partial charge in [0.1, 0.15) is 0 Å². The van der Waals surface area contributed by atoms with Crippen molar-refractivity contribution in [1.29, 1.82) is 0 Å². The molecule has 23 heavy (non-hydrogen) atoms. The number of nitrogens with one attached hydrogen (secondary N) is 2. The standard InChI is InChI=1S/C17H20N4O2/c1-12(14-6-7-14)19-16(22)20-15-5-2-4-13(10-15)11-21-9-3-8-18-17(21)23/h2-5,8-10,12,14H,6-7,11H2,1H3,(H2,19,20,22)/t12-/m1/s1. The Morgan fingerprint density at radius 2 is 2.22 bits per heavy atom. The summed E-state index contributed by atoms with van der Waals surface area (Å²) in [6.45, 7) is 2.45. The van der Waals surface area contributed by atoms with Gasteiger partial charge in [-0.15, -0.1) is 0 Å². The summed E-state index contributed by atoms with van der Waals surface area (Å²) in [6.07, 6.45) is 5.55. The first-order valence-electron chi connectivity index (χ1n) is 7.80. The molecule has 2 aromatic rings. The van der Waals surface area contributed by atoms with E-state index in [1.165, 1.54) is 23.6 Å². The Kier molecular flexibility index (Phi) is 4.41. The third kappa shape index (κ3) is 4.18. The van der Waals surface area contributed by atoms with Gasteiger partial charge in [-0.3, -0.25) is 4.57 Å². The zero-order valence-electron chi connectivity index (χ0n) is 13.0. The van der Waals surface area contributed by atoms with Crippen LogP contribution in [0.3, 0.4) is 0 Å². The topological polar surface area (TPSA) is 76.0 Å². The molecule has 1 aromatic heterocycles. The van der Waals surface area contributed by atoms with Gasteiger partial charge >= 0.3 is 11.7 Å². The average Bonchev–Trinajstić information content (AvgIpc) is 3.34. The summed E-state index contributed by atoms with van der Waals surface area (Å²) in [5, 5.41) is 5.80. The van der Waals surface area contributed by atoms with E-state index in [1.807, 2.05) is 31.2 Å². The highest BCUT2D eigenvalue weighted by Gasteiger charge is 2.28. The van der Waals surface area contributed by atoms with E-state index in [4.69, 9.17) is 0 Å². The van der Waals surface area contributed by atoms with Crippen LogP contribution in [0, 0.1) is 5.92 Å². The predicted molar refractivity (Wildman–Crippen MR) is 88.4 cm³/mol. The molecule has 3 rings (SSSR count). The third-order valence-corrected chi connectivity index (χ3v) is 4.01. The molecule has 1 aliphatic carbocycles. The summed E-state index contributed by atoms with van der Waals surface area (Å²) in [5.41, 5.74) is 1.34. The molecule has 1 fully saturated rings. The molecule has 6 heteroatoms. The van der Waals surface area contributed by atoms with Crippen LogP contribution in [0.25, 0.3) is 0 Å². The quantitative estimate of drug-likeness (QED) is 0.889. The number of carbonyl (C=O) groups excluding carboxylic acids is 1. The number of hydrogen-bond donors (Lipinski definition) is 2. The number of aromatic nitrogens is 2. The second kappa shape index (κ2) is 6.64. The van der Waals surface area contributed by atoms with Gasteiger partial charge < -0.3 is 10.6 Å². The van der Waals surface area contributed by atoms with Crippen molar-refractivity contribution in [3.8, 4) is 0 Å². The first kappa shape index (κ1) is 15.3. The molecule has 0 bridgehead atoms. The maximum Gasteiger partial charge on any atom is 0.347 e. The first-order valence-corrected chi connectivity index (χ1v) is 7.80. The molecule has 1 atom stereocenters. The largest absolute Gasteiger partial charge is 0.347 e. The van der Waals surface area contributed by atoms with Crippen LogP contribution in [0.5, 0.6) is 0 Å². The number of amides is 2. The van der Waals surface area contributed by atoms with E-state index in [-0.39, 0.29) is 17.8 Å². The molecule has 0 spiro atoms. The van der Waals surface area contributed by atoms with Gasteiger partial charge in [-0.25, -0.2) is 14.6 Å². The van der Waals surface area contributed by atoms with E-state index in [1.54, 1.807) is 12.3 Å². The van der Waals surface area contributed by atoms with Gasteiger partial charge in [-0.1, -0.05) is 12.1 Å². The normalized spacial score (nSPS) is 15.0. The van der Waals surface area contributed by atoms with Crippen molar-refractivity contribution in [3.63, 3.8) is 0 Å². The molecule has 1 saturated carbocycles. The van der Waals surface area contributed by atoms with Crippen molar-refractivity contribution >= 4 is 11.7 Å². The van der Waals surface area contributed by atoms with Crippen LogP contribution in [0.15, 0.2) is 47.5 Å². The summed E-state index contributed by atoms with van der Waals surface area (Å²) in [5.74, 6) is 0.615. The van der Waals surface area contributed by atoms with Crippen molar-refractivity contribution in [2.75, 3.05) is 5.32 Å². The zero-order valence-corrected chi connectivity index (χ0v) is 13.0. The van der Waals surface area contributed by atoms with Crippen LogP contribution in [0.1, 0.15) is 25.3 Å². The third-order valence-electron chi connectivity index (χ3n) is 4.01. The smallest absolute Gasteiger partial charge is 0.335 e. The number of hydrogen-bond acceptors (Lipinski definition) is 3. The van der Waals surface area contributed by atoms with Crippen LogP contribution in [-0.4, -0.2) is 21.6 Å². The van der Waals surface area contributed by atoms with Crippen molar-refractivity contribution in [1.82, 2.24) is 14.9 Å². The monoisotopic (exact) mass is 312 g/mol. The Labute approximate surface area is 134 Å². The maximum absolute atomic E-state index is 12.0. The number of nitrogens with zero attached hydrogens (tertiary/aromatic N) is 2. The molecule has 1 heterocycles. The second-order valence-electron chi connectivity index (χ2n) is 5.96. The zero-order chi connectivity index (χ0) is 16.2. The fraction of sp³-hybridized carbons (Fsp3) is 0.353. The molecule has 1 aliphatic rings. The van der Waals surface area contributed by atoms with Crippen molar-refractivity contribution in [2.45, 2.75) is 32.4 Å². The van der Waals surface area contributed by atoms with E-state index in [0.29, 0.717) is 18.2 Å². The van der Waals surface area contributed by atoms with Crippen LogP contribution in [0.4, 0.5) is 10.5 Å². The lowest BCUT2D eigenvalue weighted by atomic mass is 10.2. The number of benzene rings is 1. The molecular formula is C17H20N4O2. The van der Waals surface area contributed by atoms with Crippen molar-refractivity contribution in [3.05, 3.63) is 58.8 Å². The van der Waals surface area contributed by atoms with E-state index < -0.39 is 0 Å². The van der Waals surface area contributed by atoms with Gasteiger partial charge in [0.2, 0.25) is 0 Å². The molecule has 2 N–H and O–H groups in total. The lowest BCUT2D eigenvalue weighted by Crippen LogP contribution is -2.37. The number of anilines is 1. The highest BCUT2D eigenvalue weighted by Crippen LogP contribution is 2.32. The predicted octanol–water partition coefficient (Wildman–Crippen LogP) is 2.21. The SMILES string of the molecule is C[C@@H](NC(=O)Nc1cccc(Cn2cccnc2=O)c1)C1CC1. The second-order valence-corrected chi connectivity index (χ2v) is 5.96. The van der Waals surface area contributed by atoms with Gasteiger partial charge in [0, 0.05) is 24.1 Å². The van der Waals surface area contributed by atoms with E-state index in [9.17, 15) is 9.59 Å². The molecular weight excluding hydrogens is 292 g/mol. The van der Waals surface area contributed by atoms with Gasteiger partial charge in [0.15, 0.2) is 0 Å². The Balaban J connectivity index is 1.64. The fourth-order valence-corrected chi connectivity index (χ4v) is 2.54. The molecule has 1 aromatic carbocycles. The minimum Gasteiger partial charge on any atom is -0.335 e. The number of rotatable bonds is 5. The fourth-order valence-electron chi connectivity index (χ4n) is 2.54. The Morgan fingerprint density at radius 3 is 2.96 bits per heavy atom. The van der Waals surface area contributed by atoms with Gasteiger partial charge in [-0.05, 0) is 49.4 Å². The van der Waals surface area contributed by atoms with E-state index in [0.717, 1.165) is 5.56 Å². The Hall–Kier alpha value is -2.63. The van der Waals surface area contributed by atoms with Gasteiger partial charge in [0.05, 0.1) is 6.54 Å². The number of urea groups is 1. The summed E-state index contributed by atoms with van der Waals surface area (Å²) >= 11 is 0. The van der Waals surface area contributed by atoms with E-state index in [2.05, 4.69) is 15.6 Å². The van der Waals surface area contributed by atoms with Crippen LogP contribution < -0.4 is 16.3 Å². The summed E-state index contributed by atoms with van der Waals surface area (Å²) in [6, 6.07) is 9.19. The minimum atomic E-state index is -0.290. The Morgan fingerprint density at radius 1 is 1.39 bits per heavy atom. The molecule has 0 radical (unpaired) electrons. The summed E-state index contributed by atoms with van der Waals surface area (Å²) < 4.78 is 1.52. The molecule has 0 saturated heterocycles. The van der Waals surface area contributed by atoms with Crippen LogP contribution in [0.2, 0.25) is 0 Å². The first-order chi connectivity index (χ1) is 11.1. The van der Waals surface area contributed by atoms with Gasteiger partial charge in [-0.2, -0.15) is 0 Å². The Bertz CT molecular complexity index is 752. The van der Waals surface area contributed by atoms with Crippen molar-refractivity contribution < 1.29 is 4.79 Å². The molecule has 2 amide bonds. The maximum atomic E-state index is 12.0. The van der Waals surface area contributed by atoms with Crippen LogP contribution in [-0.2, 0) is 6.54 Å². The molecule has 0 aliphatic heterocycles. The molecule has 0 unspecified atom stereocenters. The minimum absolute atomic E-state index is 0.194. The lowest BCUT2D eigenvalue weighted by Gasteiger charge is -2.14.